The first-order valence-electron chi connectivity index (χ1n) is 3.54. The van der Waals surface area contributed by atoms with Crippen molar-refractivity contribution in [2.75, 3.05) is 0 Å². The van der Waals surface area contributed by atoms with Gasteiger partial charge in [0, 0.05) is 5.69 Å². The zero-order valence-corrected chi connectivity index (χ0v) is 6.74. The molecule has 0 spiro atoms. The van der Waals surface area contributed by atoms with E-state index in [9.17, 15) is 4.79 Å². The Morgan fingerprint density at radius 2 is 2.33 bits per heavy atom. The molecular formula is C8H10N2O2. The maximum Gasteiger partial charge on any atom is 0.323 e. The molecule has 0 atom stereocenters. The summed E-state index contributed by atoms with van der Waals surface area (Å²) in [5, 5.41) is 15.9. The van der Waals surface area contributed by atoms with E-state index in [-0.39, 0.29) is 12.0 Å². The molecule has 0 aliphatic heterocycles. The monoisotopic (exact) mass is 166 g/mol. The third kappa shape index (κ3) is 1.72. The lowest BCUT2D eigenvalue weighted by Gasteiger charge is -2.06. The van der Waals surface area contributed by atoms with E-state index in [1.807, 2.05) is 0 Å². The molecule has 12 heavy (non-hydrogen) atoms. The summed E-state index contributed by atoms with van der Waals surface area (Å²) in [7, 11) is 0. The Hall–Kier alpha value is -1.58. The van der Waals surface area contributed by atoms with E-state index in [1.165, 1.54) is 4.57 Å². The van der Waals surface area contributed by atoms with Crippen molar-refractivity contribution in [2.45, 2.75) is 13.5 Å². The van der Waals surface area contributed by atoms with Gasteiger partial charge in [-0.05, 0) is 19.1 Å². The summed E-state index contributed by atoms with van der Waals surface area (Å²) in [6.07, 6.45) is 0. The van der Waals surface area contributed by atoms with Crippen LogP contribution in [0.15, 0.2) is 18.2 Å². The number of carboxylic acid groups (broad SMARTS) is 1. The van der Waals surface area contributed by atoms with Gasteiger partial charge in [-0.15, -0.1) is 0 Å². The number of nitrogens with one attached hydrogen (secondary N) is 1. The standard InChI is InChI=1S/C8H10N2O2/c1-6-3-2-4-7(9)10(6)5-8(11)12/h2-4,9H,5H2,1H3,(H,11,12). The number of aromatic nitrogens is 1. The fourth-order valence-corrected chi connectivity index (χ4v) is 0.994. The highest BCUT2D eigenvalue weighted by Crippen LogP contribution is 1.92. The average molecular weight is 166 g/mol. The van der Waals surface area contributed by atoms with Gasteiger partial charge in [0.25, 0.3) is 0 Å². The van der Waals surface area contributed by atoms with E-state index in [4.69, 9.17) is 10.5 Å². The number of aliphatic carboxylic acids is 1. The van der Waals surface area contributed by atoms with E-state index in [0.717, 1.165) is 5.69 Å². The quantitative estimate of drug-likeness (QED) is 0.666. The molecule has 0 saturated carbocycles. The molecule has 1 aromatic rings. The summed E-state index contributed by atoms with van der Waals surface area (Å²) < 4.78 is 1.43. The Kier molecular flexibility index (Phi) is 2.28. The second-order valence-electron chi connectivity index (χ2n) is 2.53. The van der Waals surface area contributed by atoms with Crippen molar-refractivity contribution in [3.05, 3.63) is 29.4 Å². The zero-order chi connectivity index (χ0) is 9.14. The summed E-state index contributed by atoms with van der Waals surface area (Å²) in [6, 6.07) is 5.08. The molecule has 1 rings (SSSR count). The molecule has 0 bridgehead atoms. The molecular weight excluding hydrogens is 156 g/mol. The van der Waals surface area contributed by atoms with Crippen LogP contribution in [-0.2, 0) is 11.3 Å². The van der Waals surface area contributed by atoms with E-state index >= 15 is 0 Å². The topological polar surface area (TPSA) is 66.1 Å². The number of nitrogens with zero attached hydrogens (tertiary/aromatic N) is 1. The summed E-state index contributed by atoms with van der Waals surface area (Å²) in [4.78, 5) is 10.4. The predicted octanol–water partition coefficient (Wildman–Crippen LogP) is 0.361. The summed E-state index contributed by atoms with van der Waals surface area (Å²) in [5.74, 6) is -0.928. The highest BCUT2D eigenvalue weighted by molar-refractivity contribution is 5.66. The van der Waals surface area contributed by atoms with Crippen LogP contribution in [0.3, 0.4) is 0 Å². The molecule has 0 saturated heterocycles. The first-order chi connectivity index (χ1) is 5.61. The fourth-order valence-electron chi connectivity index (χ4n) is 0.994. The first-order valence-corrected chi connectivity index (χ1v) is 3.54. The molecule has 2 N–H and O–H groups in total. The number of carboxylic acids is 1. The minimum Gasteiger partial charge on any atom is -0.480 e. The van der Waals surface area contributed by atoms with Gasteiger partial charge in [0.15, 0.2) is 0 Å². The van der Waals surface area contributed by atoms with Crippen LogP contribution >= 0.6 is 0 Å². The van der Waals surface area contributed by atoms with Gasteiger partial charge in [-0.25, -0.2) is 0 Å². The number of pyridine rings is 1. The van der Waals surface area contributed by atoms with E-state index in [2.05, 4.69) is 0 Å². The summed E-state index contributed by atoms with van der Waals surface area (Å²) >= 11 is 0. The van der Waals surface area contributed by atoms with Crippen molar-refractivity contribution in [1.82, 2.24) is 4.57 Å². The molecule has 1 aromatic heterocycles. The maximum atomic E-state index is 10.4. The van der Waals surface area contributed by atoms with Crippen LogP contribution in [0.1, 0.15) is 5.69 Å². The highest BCUT2D eigenvalue weighted by Gasteiger charge is 2.00. The lowest BCUT2D eigenvalue weighted by atomic mass is 10.3. The number of carbonyl (C=O) groups is 1. The summed E-state index contributed by atoms with van der Waals surface area (Å²) in [6.45, 7) is 1.63. The predicted molar refractivity (Wildman–Crippen MR) is 42.7 cm³/mol. The number of aryl methyl sites for hydroxylation is 1. The van der Waals surface area contributed by atoms with Gasteiger partial charge < -0.3 is 9.67 Å². The van der Waals surface area contributed by atoms with Crippen LogP contribution in [0, 0.1) is 12.3 Å². The Morgan fingerprint density at radius 3 is 2.83 bits per heavy atom. The van der Waals surface area contributed by atoms with Crippen molar-refractivity contribution in [3.63, 3.8) is 0 Å². The minimum atomic E-state index is -0.928. The van der Waals surface area contributed by atoms with Crippen LogP contribution < -0.4 is 5.49 Å². The smallest absolute Gasteiger partial charge is 0.323 e. The Morgan fingerprint density at radius 1 is 1.67 bits per heavy atom. The molecule has 64 valence electrons. The van der Waals surface area contributed by atoms with Crippen LogP contribution in [0.25, 0.3) is 0 Å². The Balaban J connectivity index is 3.13. The largest absolute Gasteiger partial charge is 0.480 e. The molecule has 4 nitrogen and oxygen atoms in total. The van der Waals surface area contributed by atoms with Gasteiger partial charge >= 0.3 is 5.97 Å². The van der Waals surface area contributed by atoms with Crippen LogP contribution in [0.5, 0.6) is 0 Å². The first kappa shape index (κ1) is 8.52. The number of rotatable bonds is 2. The van der Waals surface area contributed by atoms with E-state index in [0.29, 0.717) is 0 Å². The fraction of sp³-hybridized carbons (Fsp3) is 0.250. The molecule has 0 fully saturated rings. The molecule has 0 radical (unpaired) electrons. The van der Waals surface area contributed by atoms with E-state index < -0.39 is 5.97 Å². The molecule has 0 aliphatic carbocycles. The Bertz CT molecular complexity index is 354. The molecule has 0 unspecified atom stereocenters. The van der Waals surface area contributed by atoms with Gasteiger partial charge in [0.2, 0.25) is 0 Å². The molecule has 4 heteroatoms. The third-order valence-corrected chi connectivity index (χ3v) is 1.60. The van der Waals surface area contributed by atoms with Crippen molar-refractivity contribution >= 4 is 5.97 Å². The van der Waals surface area contributed by atoms with Crippen molar-refractivity contribution in [1.29, 1.82) is 5.41 Å². The van der Waals surface area contributed by atoms with Gasteiger partial charge in [-0.2, -0.15) is 0 Å². The van der Waals surface area contributed by atoms with E-state index in [1.54, 1.807) is 25.1 Å². The highest BCUT2D eigenvalue weighted by atomic mass is 16.4. The van der Waals surface area contributed by atoms with Crippen molar-refractivity contribution in [2.24, 2.45) is 0 Å². The molecule has 0 aliphatic rings. The van der Waals surface area contributed by atoms with Crippen LogP contribution in [0.4, 0.5) is 0 Å². The molecule has 0 amide bonds. The average Bonchev–Trinajstić information content (AvgIpc) is 1.97. The lowest BCUT2D eigenvalue weighted by Crippen LogP contribution is -2.24. The maximum absolute atomic E-state index is 10.4. The second kappa shape index (κ2) is 3.21. The van der Waals surface area contributed by atoms with Gasteiger partial charge in [-0.3, -0.25) is 10.2 Å². The summed E-state index contributed by atoms with van der Waals surface area (Å²) in [5.41, 5.74) is 1.00. The van der Waals surface area contributed by atoms with Gasteiger partial charge in [-0.1, -0.05) is 6.07 Å². The second-order valence-corrected chi connectivity index (χ2v) is 2.53. The Labute approximate surface area is 69.6 Å². The van der Waals surface area contributed by atoms with Gasteiger partial charge in [0.05, 0.1) is 0 Å². The number of hydrogen-bond donors (Lipinski definition) is 2. The van der Waals surface area contributed by atoms with Crippen LogP contribution in [0.2, 0.25) is 0 Å². The van der Waals surface area contributed by atoms with Gasteiger partial charge in [0.1, 0.15) is 12.0 Å². The van der Waals surface area contributed by atoms with Crippen LogP contribution in [-0.4, -0.2) is 15.6 Å². The van der Waals surface area contributed by atoms with Crippen molar-refractivity contribution < 1.29 is 9.90 Å². The lowest BCUT2D eigenvalue weighted by molar-refractivity contribution is -0.137. The molecule has 1 heterocycles. The minimum absolute atomic E-state index is 0.147. The third-order valence-electron chi connectivity index (χ3n) is 1.60. The molecule has 0 aromatic carbocycles. The SMILES string of the molecule is Cc1cccc(=N)n1CC(=O)O. The normalized spacial score (nSPS) is 9.75. The zero-order valence-electron chi connectivity index (χ0n) is 6.74. The number of hydrogen-bond acceptors (Lipinski definition) is 2. The van der Waals surface area contributed by atoms with Crippen molar-refractivity contribution in [3.8, 4) is 0 Å².